The van der Waals surface area contributed by atoms with Crippen LogP contribution in [0.4, 0.5) is 5.82 Å². The molecule has 1 saturated carbocycles. The second-order valence-electron chi connectivity index (χ2n) is 4.90. The van der Waals surface area contributed by atoms with Crippen LogP contribution in [0.2, 0.25) is 0 Å². The van der Waals surface area contributed by atoms with Gasteiger partial charge >= 0.3 is 0 Å². The lowest BCUT2D eigenvalue weighted by Gasteiger charge is -2.12. The Hall–Kier alpha value is -1.09. The molecule has 2 aliphatic rings. The first-order valence-corrected chi connectivity index (χ1v) is 6.36. The molecule has 3 nitrogen and oxygen atoms in total. The van der Waals surface area contributed by atoms with Crippen molar-refractivity contribution < 1.29 is 0 Å². The Balaban J connectivity index is 1.58. The first-order valence-electron chi connectivity index (χ1n) is 6.36. The molecule has 16 heavy (non-hydrogen) atoms. The fourth-order valence-corrected chi connectivity index (χ4v) is 2.32. The molecular formula is C13H19N3. The highest BCUT2D eigenvalue weighted by Crippen LogP contribution is 2.39. The third kappa shape index (κ3) is 2.35. The fourth-order valence-electron chi connectivity index (χ4n) is 2.32. The van der Waals surface area contributed by atoms with E-state index in [9.17, 15) is 0 Å². The van der Waals surface area contributed by atoms with Gasteiger partial charge in [-0.05, 0) is 44.4 Å². The smallest absolute Gasteiger partial charge is 0.126 e. The van der Waals surface area contributed by atoms with Crippen LogP contribution in [0.15, 0.2) is 18.2 Å². The predicted molar refractivity (Wildman–Crippen MR) is 65.7 cm³/mol. The van der Waals surface area contributed by atoms with Crippen molar-refractivity contribution in [3.8, 4) is 0 Å². The molecule has 1 aromatic rings. The van der Waals surface area contributed by atoms with E-state index in [0.717, 1.165) is 18.3 Å². The molecule has 1 aliphatic heterocycles. The van der Waals surface area contributed by atoms with Crippen LogP contribution in [0.3, 0.4) is 0 Å². The molecule has 0 radical (unpaired) electrons. The zero-order chi connectivity index (χ0) is 10.8. The predicted octanol–water partition coefficient (Wildman–Crippen LogP) is 2.12. The van der Waals surface area contributed by atoms with Gasteiger partial charge in [0, 0.05) is 24.2 Å². The van der Waals surface area contributed by atoms with Crippen molar-refractivity contribution in [2.24, 2.45) is 0 Å². The Morgan fingerprint density at radius 1 is 1.31 bits per heavy atom. The maximum atomic E-state index is 4.66. The molecule has 3 heteroatoms. The molecule has 2 N–H and O–H groups in total. The summed E-state index contributed by atoms with van der Waals surface area (Å²) in [5, 5.41) is 6.92. The summed E-state index contributed by atoms with van der Waals surface area (Å²) in [6.45, 7) is 2.17. The minimum atomic E-state index is 0.631. The second kappa shape index (κ2) is 4.42. The van der Waals surface area contributed by atoms with E-state index in [1.807, 2.05) is 0 Å². The lowest BCUT2D eigenvalue weighted by atomic mass is 10.2. The van der Waals surface area contributed by atoms with Gasteiger partial charge < -0.3 is 10.6 Å². The van der Waals surface area contributed by atoms with Gasteiger partial charge in [0.15, 0.2) is 0 Å². The van der Waals surface area contributed by atoms with Crippen LogP contribution < -0.4 is 10.6 Å². The van der Waals surface area contributed by atoms with Crippen molar-refractivity contribution in [1.29, 1.82) is 0 Å². The zero-order valence-electron chi connectivity index (χ0n) is 9.58. The van der Waals surface area contributed by atoms with Gasteiger partial charge in [0.05, 0.1) is 0 Å². The maximum absolute atomic E-state index is 4.66. The Kier molecular flexibility index (Phi) is 2.79. The van der Waals surface area contributed by atoms with Gasteiger partial charge in [-0.2, -0.15) is 0 Å². The SMILES string of the molecule is c1cc(NCC2CCCN2)nc(C2CC2)c1. The topological polar surface area (TPSA) is 37.0 Å². The molecule has 0 bridgehead atoms. The quantitative estimate of drug-likeness (QED) is 0.811. The molecule has 0 aromatic carbocycles. The summed E-state index contributed by atoms with van der Waals surface area (Å²) in [6.07, 6.45) is 5.23. The maximum Gasteiger partial charge on any atom is 0.126 e. The highest BCUT2D eigenvalue weighted by atomic mass is 15.0. The normalized spacial score (nSPS) is 24.6. The van der Waals surface area contributed by atoms with Gasteiger partial charge in [0.25, 0.3) is 0 Å². The van der Waals surface area contributed by atoms with Crippen molar-refractivity contribution in [3.63, 3.8) is 0 Å². The van der Waals surface area contributed by atoms with Crippen LogP contribution in [-0.2, 0) is 0 Å². The Bertz CT molecular complexity index is 354. The summed E-state index contributed by atoms with van der Waals surface area (Å²) in [6, 6.07) is 6.97. The summed E-state index contributed by atoms with van der Waals surface area (Å²) in [4.78, 5) is 4.66. The van der Waals surface area contributed by atoms with Gasteiger partial charge in [-0.1, -0.05) is 6.07 Å². The van der Waals surface area contributed by atoms with Gasteiger partial charge in [-0.15, -0.1) is 0 Å². The van der Waals surface area contributed by atoms with E-state index in [0.29, 0.717) is 6.04 Å². The van der Waals surface area contributed by atoms with E-state index in [1.54, 1.807) is 0 Å². The third-order valence-corrected chi connectivity index (χ3v) is 3.46. The van der Waals surface area contributed by atoms with Crippen LogP contribution >= 0.6 is 0 Å². The van der Waals surface area contributed by atoms with E-state index < -0.39 is 0 Å². The average Bonchev–Trinajstić information content (AvgIpc) is 3.05. The van der Waals surface area contributed by atoms with Crippen molar-refractivity contribution in [2.75, 3.05) is 18.4 Å². The van der Waals surface area contributed by atoms with Crippen LogP contribution in [0.1, 0.15) is 37.3 Å². The minimum absolute atomic E-state index is 0.631. The average molecular weight is 217 g/mol. The number of aromatic nitrogens is 1. The van der Waals surface area contributed by atoms with Crippen LogP contribution in [0.5, 0.6) is 0 Å². The van der Waals surface area contributed by atoms with E-state index in [2.05, 4.69) is 33.8 Å². The second-order valence-corrected chi connectivity index (χ2v) is 4.90. The Labute approximate surface area is 96.7 Å². The lowest BCUT2D eigenvalue weighted by Crippen LogP contribution is -2.29. The van der Waals surface area contributed by atoms with E-state index in [-0.39, 0.29) is 0 Å². The molecule has 0 spiro atoms. The minimum Gasteiger partial charge on any atom is -0.369 e. The van der Waals surface area contributed by atoms with Gasteiger partial charge in [0.1, 0.15) is 5.82 Å². The molecule has 1 saturated heterocycles. The lowest BCUT2D eigenvalue weighted by molar-refractivity contribution is 0.632. The molecule has 1 aliphatic carbocycles. The summed E-state index contributed by atoms with van der Waals surface area (Å²) in [5.41, 5.74) is 1.27. The number of anilines is 1. The molecular weight excluding hydrogens is 198 g/mol. The van der Waals surface area contributed by atoms with Crippen molar-refractivity contribution in [1.82, 2.24) is 10.3 Å². The number of nitrogens with one attached hydrogen (secondary N) is 2. The number of nitrogens with zero attached hydrogens (tertiary/aromatic N) is 1. The van der Waals surface area contributed by atoms with Crippen LogP contribution in [0.25, 0.3) is 0 Å². The Morgan fingerprint density at radius 3 is 3.00 bits per heavy atom. The highest BCUT2D eigenvalue weighted by molar-refractivity contribution is 5.37. The number of rotatable bonds is 4. The summed E-state index contributed by atoms with van der Waals surface area (Å²) >= 11 is 0. The van der Waals surface area contributed by atoms with Gasteiger partial charge in [-0.25, -0.2) is 4.98 Å². The summed E-state index contributed by atoms with van der Waals surface area (Å²) < 4.78 is 0. The van der Waals surface area contributed by atoms with Crippen molar-refractivity contribution in [2.45, 2.75) is 37.6 Å². The summed E-state index contributed by atoms with van der Waals surface area (Å²) in [7, 11) is 0. The first-order chi connectivity index (χ1) is 7.92. The van der Waals surface area contributed by atoms with Gasteiger partial charge in [0.2, 0.25) is 0 Å². The molecule has 0 amide bonds. The molecule has 1 aromatic heterocycles. The number of pyridine rings is 1. The van der Waals surface area contributed by atoms with Crippen molar-refractivity contribution >= 4 is 5.82 Å². The van der Waals surface area contributed by atoms with Gasteiger partial charge in [-0.3, -0.25) is 0 Å². The number of hydrogen-bond donors (Lipinski definition) is 2. The molecule has 1 unspecified atom stereocenters. The first kappa shape index (κ1) is 10.1. The van der Waals surface area contributed by atoms with Crippen LogP contribution in [0, 0.1) is 0 Å². The summed E-state index contributed by atoms with van der Waals surface area (Å²) in [5.74, 6) is 1.78. The number of hydrogen-bond acceptors (Lipinski definition) is 3. The molecule has 2 heterocycles. The largest absolute Gasteiger partial charge is 0.369 e. The van der Waals surface area contributed by atoms with Crippen LogP contribution in [-0.4, -0.2) is 24.1 Å². The highest BCUT2D eigenvalue weighted by Gasteiger charge is 2.24. The Morgan fingerprint density at radius 2 is 2.25 bits per heavy atom. The fraction of sp³-hybridized carbons (Fsp3) is 0.615. The molecule has 2 fully saturated rings. The zero-order valence-corrected chi connectivity index (χ0v) is 9.58. The standard InChI is InChI=1S/C13H19N3/c1-4-12(10-6-7-10)16-13(5-1)15-9-11-3-2-8-14-11/h1,4-5,10-11,14H,2-3,6-9H2,(H,15,16). The molecule has 1 atom stereocenters. The monoisotopic (exact) mass is 217 g/mol. The molecule has 3 rings (SSSR count). The third-order valence-electron chi connectivity index (χ3n) is 3.46. The molecule has 86 valence electrons. The van der Waals surface area contributed by atoms with Crippen molar-refractivity contribution in [3.05, 3.63) is 23.9 Å². The van der Waals surface area contributed by atoms with E-state index in [4.69, 9.17) is 0 Å². The van der Waals surface area contributed by atoms with E-state index in [1.165, 1.54) is 37.9 Å². The van der Waals surface area contributed by atoms with E-state index >= 15 is 0 Å².